The molecule has 0 aliphatic rings. The van der Waals surface area contributed by atoms with Crippen LogP contribution in [0.2, 0.25) is 0 Å². The van der Waals surface area contributed by atoms with E-state index in [2.05, 4.69) is 27.2 Å². The minimum Gasteiger partial charge on any atom is -0.493 e. The van der Waals surface area contributed by atoms with E-state index in [0.717, 1.165) is 12.0 Å². The lowest BCUT2D eigenvalue weighted by Gasteiger charge is -2.18. The van der Waals surface area contributed by atoms with Crippen LogP contribution in [-0.4, -0.2) is 32.2 Å². The van der Waals surface area contributed by atoms with Crippen molar-refractivity contribution in [1.29, 1.82) is 0 Å². The van der Waals surface area contributed by atoms with E-state index >= 15 is 0 Å². The minimum absolute atomic E-state index is 0.167. The fourth-order valence-corrected chi connectivity index (χ4v) is 2.29. The first-order valence-electron chi connectivity index (χ1n) is 6.47. The van der Waals surface area contributed by atoms with E-state index in [1.165, 1.54) is 0 Å². The van der Waals surface area contributed by atoms with Gasteiger partial charge in [-0.3, -0.25) is 4.79 Å². The highest BCUT2D eigenvalue weighted by Crippen LogP contribution is 2.37. The molecular weight excluding hydrogens is 336 g/mol. The molecule has 1 aromatic rings. The van der Waals surface area contributed by atoms with Gasteiger partial charge in [0.15, 0.2) is 17.6 Å². The van der Waals surface area contributed by atoms with Crippen molar-refractivity contribution in [2.24, 2.45) is 5.73 Å². The number of carbonyl (C=O) groups is 1. The van der Waals surface area contributed by atoms with Crippen LogP contribution in [0.3, 0.4) is 0 Å². The van der Waals surface area contributed by atoms with Gasteiger partial charge in [-0.2, -0.15) is 0 Å². The summed E-state index contributed by atoms with van der Waals surface area (Å²) in [4.78, 5) is 11.8. The number of hydrogen-bond donors (Lipinski definition) is 2. The van der Waals surface area contributed by atoms with Gasteiger partial charge in [0.25, 0.3) is 5.91 Å². The molecule has 1 rings (SSSR count). The quantitative estimate of drug-likeness (QED) is 0.727. The highest BCUT2D eigenvalue weighted by molar-refractivity contribution is 9.10. The Morgan fingerprint density at radius 1 is 1.57 bits per heavy atom. The Morgan fingerprint density at radius 3 is 2.86 bits per heavy atom. The highest BCUT2D eigenvalue weighted by atomic mass is 79.9. The van der Waals surface area contributed by atoms with Crippen LogP contribution in [-0.2, 0) is 11.2 Å². The monoisotopic (exact) mass is 354 g/mol. The number of benzene rings is 1. The molecule has 0 bridgehead atoms. The first-order chi connectivity index (χ1) is 10.0. The third-order valence-electron chi connectivity index (χ3n) is 2.75. The van der Waals surface area contributed by atoms with Crippen molar-refractivity contribution < 1.29 is 14.3 Å². The van der Waals surface area contributed by atoms with Crippen molar-refractivity contribution in [3.8, 4) is 23.8 Å². The maximum Gasteiger partial charge on any atom is 0.261 e. The summed E-state index contributed by atoms with van der Waals surface area (Å²) < 4.78 is 11.7. The average molecular weight is 355 g/mol. The molecule has 0 saturated heterocycles. The molecule has 1 atom stereocenters. The van der Waals surface area contributed by atoms with E-state index in [4.69, 9.17) is 21.6 Å². The first-order valence-corrected chi connectivity index (χ1v) is 7.27. The zero-order chi connectivity index (χ0) is 15.8. The molecule has 0 radical (unpaired) electrons. The van der Waals surface area contributed by atoms with Gasteiger partial charge < -0.3 is 20.5 Å². The van der Waals surface area contributed by atoms with E-state index in [9.17, 15) is 4.79 Å². The molecule has 0 aliphatic heterocycles. The van der Waals surface area contributed by atoms with E-state index in [0.29, 0.717) is 22.5 Å². The van der Waals surface area contributed by atoms with Gasteiger partial charge in [0, 0.05) is 0 Å². The predicted molar refractivity (Wildman–Crippen MR) is 85.4 cm³/mol. The number of nitrogens with one attached hydrogen (secondary N) is 1. The lowest BCUT2D eigenvalue weighted by atomic mass is 10.1. The molecule has 21 heavy (non-hydrogen) atoms. The normalized spacial score (nSPS) is 11.4. The molecule has 0 aliphatic carbocycles. The molecule has 114 valence electrons. The summed E-state index contributed by atoms with van der Waals surface area (Å²) in [6, 6.07) is 3.75. The Hall–Kier alpha value is -1.71. The van der Waals surface area contributed by atoms with E-state index in [1.54, 1.807) is 14.0 Å². The van der Waals surface area contributed by atoms with Crippen LogP contribution in [0.5, 0.6) is 11.5 Å². The second-order valence-corrected chi connectivity index (χ2v) is 5.18. The second kappa shape index (κ2) is 8.55. The number of ether oxygens (including phenoxy) is 2. The Bertz CT molecular complexity index is 540. The van der Waals surface area contributed by atoms with Gasteiger partial charge in [0.1, 0.15) is 0 Å². The van der Waals surface area contributed by atoms with Gasteiger partial charge in [0.2, 0.25) is 0 Å². The molecule has 5 nitrogen and oxygen atoms in total. The molecule has 1 unspecified atom stereocenters. The molecule has 3 N–H and O–H groups in total. The molecule has 1 amide bonds. The zero-order valence-corrected chi connectivity index (χ0v) is 13.7. The smallest absolute Gasteiger partial charge is 0.261 e. The molecule has 0 spiro atoms. The fourth-order valence-electron chi connectivity index (χ4n) is 1.71. The third-order valence-corrected chi connectivity index (χ3v) is 3.34. The number of methoxy groups -OCH3 is 1. The molecular formula is C15H19BrN2O3. The lowest BCUT2D eigenvalue weighted by Crippen LogP contribution is -2.36. The maximum atomic E-state index is 11.8. The van der Waals surface area contributed by atoms with E-state index in [-0.39, 0.29) is 12.5 Å². The van der Waals surface area contributed by atoms with Crippen molar-refractivity contribution in [3.63, 3.8) is 0 Å². The van der Waals surface area contributed by atoms with Crippen molar-refractivity contribution in [2.45, 2.75) is 19.4 Å². The van der Waals surface area contributed by atoms with Crippen LogP contribution in [0, 0.1) is 12.3 Å². The number of rotatable bonds is 7. The molecule has 0 heterocycles. The lowest BCUT2D eigenvalue weighted by molar-refractivity contribution is -0.127. The van der Waals surface area contributed by atoms with Crippen LogP contribution in [0.1, 0.15) is 12.5 Å². The maximum absolute atomic E-state index is 11.8. The van der Waals surface area contributed by atoms with Crippen molar-refractivity contribution in [1.82, 2.24) is 5.32 Å². The molecule has 0 saturated carbocycles. The molecule has 0 fully saturated rings. The largest absolute Gasteiger partial charge is 0.493 e. The fraction of sp³-hybridized carbons (Fsp3) is 0.400. The summed E-state index contributed by atoms with van der Waals surface area (Å²) in [6.07, 6.45) is 5.14. The Balaban J connectivity index is 2.92. The molecule has 6 heteroatoms. The predicted octanol–water partition coefficient (Wildman–Crippen LogP) is 1.48. The van der Waals surface area contributed by atoms with Crippen LogP contribution >= 0.6 is 15.9 Å². The number of carbonyl (C=O) groups excluding carboxylic acids is 1. The highest BCUT2D eigenvalue weighted by Gasteiger charge is 2.19. The van der Waals surface area contributed by atoms with Crippen LogP contribution < -0.4 is 20.5 Å². The third kappa shape index (κ3) is 4.96. The van der Waals surface area contributed by atoms with Crippen LogP contribution in [0.25, 0.3) is 0 Å². The van der Waals surface area contributed by atoms with E-state index < -0.39 is 6.10 Å². The number of amides is 1. The summed E-state index contributed by atoms with van der Waals surface area (Å²) >= 11 is 3.43. The molecule has 1 aromatic carbocycles. The Kier molecular flexibility index (Phi) is 7.06. The van der Waals surface area contributed by atoms with Crippen molar-refractivity contribution in [3.05, 3.63) is 22.2 Å². The summed E-state index contributed by atoms with van der Waals surface area (Å²) in [5.74, 6) is 3.07. The van der Waals surface area contributed by atoms with Gasteiger partial charge in [-0.1, -0.05) is 5.92 Å². The van der Waals surface area contributed by atoms with E-state index in [1.807, 2.05) is 12.1 Å². The molecule has 0 aromatic heterocycles. The van der Waals surface area contributed by atoms with Crippen LogP contribution in [0.4, 0.5) is 0 Å². The average Bonchev–Trinajstić information content (AvgIpc) is 2.47. The van der Waals surface area contributed by atoms with Gasteiger partial charge in [-0.05, 0) is 53.5 Å². The minimum atomic E-state index is -0.691. The SMILES string of the molecule is C#CCNC(=O)C(C)Oc1c(Br)cc(CCN)cc1OC. The summed E-state index contributed by atoms with van der Waals surface area (Å²) in [7, 11) is 1.55. The number of nitrogens with two attached hydrogens (primary N) is 1. The second-order valence-electron chi connectivity index (χ2n) is 4.33. The van der Waals surface area contributed by atoms with Gasteiger partial charge >= 0.3 is 0 Å². The van der Waals surface area contributed by atoms with Crippen LogP contribution in [0.15, 0.2) is 16.6 Å². The number of hydrogen-bond acceptors (Lipinski definition) is 4. The van der Waals surface area contributed by atoms with Gasteiger partial charge in [0.05, 0.1) is 18.1 Å². The number of terminal acetylenes is 1. The van der Waals surface area contributed by atoms with Crippen molar-refractivity contribution in [2.75, 3.05) is 20.2 Å². The summed E-state index contributed by atoms with van der Waals surface area (Å²) in [5, 5.41) is 2.57. The topological polar surface area (TPSA) is 73.6 Å². The Labute approximate surface area is 133 Å². The van der Waals surface area contributed by atoms with Crippen molar-refractivity contribution >= 4 is 21.8 Å². The van der Waals surface area contributed by atoms with Gasteiger partial charge in [-0.25, -0.2) is 0 Å². The standard InChI is InChI=1S/C15H19BrN2O3/c1-4-7-18-15(19)10(2)21-14-12(16)8-11(5-6-17)9-13(14)20-3/h1,8-10H,5-7,17H2,2-3H3,(H,18,19). The number of halogens is 1. The zero-order valence-electron chi connectivity index (χ0n) is 12.1. The summed E-state index contributed by atoms with van der Waals surface area (Å²) in [5.41, 5.74) is 6.58. The summed E-state index contributed by atoms with van der Waals surface area (Å²) in [6.45, 7) is 2.35. The van der Waals surface area contributed by atoms with Gasteiger partial charge in [-0.15, -0.1) is 6.42 Å². The first kappa shape index (κ1) is 17.3. The Morgan fingerprint density at radius 2 is 2.29 bits per heavy atom.